The first kappa shape index (κ1) is 20.5. The molecule has 1 saturated carbocycles. The molecule has 7 nitrogen and oxygen atoms in total. The molecule has 0 radical (unpaired) electrons. The Labute approximate surface area is 171 Å². The second kappa shape index (κ2) is 8.92. The zero-order chi connectivity index (χ0) is 20.2. The van der Waals surface area contributed by atoms with Crippen LogP contribution in [0.1, 0.15) is 61.0 Å². The van der Waals surface area contributed by atoms with Gasteiger partial charge in [-0.3, -0.25) is 4.98 Å². The van der Waals surface area contributed by atoms with E-state index in [1.165, 1.54) is 7.11 Å². The van der Waals surface area contributed by atoms with E-state index in [9.17, 15) is 4.79 Å². The molecule has 1 aliphatic carbocycles. The van der Waals surface area contributed by atoms with Crippen molar-refractivity contribution in [2.75, 3.05) is 26.9 Å². The maximum Gasteiger partial charge on any atom is 0.337 e. The SMILES string of the molecule is COC(=O)c1ccnc(/C=C/C2(OC3CCCCO3)CCC3(CC2)OCCO3)c1. The Morgan fingerprint density at radius 2 is 1.97 bits per heavy atom. The Morgan fingerprint density at radius 3 is 2.66 bits per heavy atom. The van der Waals surface area contributed by atoms with Gasteiger partial charge < -0.3 is 23.7 Å². The molecule has 3 fully saturated rings. The first-order valence-electron chi connectivity index (χ1n) is 10.4. The van der Waals surface area contributed by atoms with Crippen LogP contribution in [0.15, 0.2) is 24.4 Å². The van der Waals surface area contributed by atoms with Gasteiger partial charge in [-0.25, -0.2) is 4.79 Å². The average Bonchev–Trinajstić information content (AvgIpc) is 3.23. The second-order valence-corrected chi connectivity index (χ2v) is 7.88. The molecule has 1 unspecified atom stereocenters. The number of nitrogens with zero attached hydrogens (tertiary/aromatic N) is 1. The smallest absolute Gasteiger partial charge is 0.337 e. The summed E-state index contributed by atoms with van der Waals surface area (Å²) in [5, 5.41) is 0. The van der Waals surface area contributed by atoms with Crippen LogP contribution < -0.4 is 0 Å². The highest BCUT2D eigenvalue weighted by atomic mass is 16.7. The maximum absolute atomic E-state index is 11.8. The van der Waals surface area contributed by atoms with Crippen molar-refractivity contribution in [3.8, 4) is 0 Å². The number of carbonyl (C=O) groups is 1. The van der Waals surface area contributed by atoms with E-state index in [1.54, 1.807) is 18.3 Å². The predicted octanol–water partition coefficient (Wildman–Crippen LogP) is 3.48. The third-order valence-corrected chi connectivity index (χ3v) is 5.94. The van der Waals surface area contributed by atoms with E-state index in [0.29, 0.717) is 24.5 Å². The van der Waals surface area contributed by atoms with Gasteiger partial charge in [-0.1, -0.05) is 6.08 Å². The summed E-state index contributed by atoms with van der Waals surface area (Å²) in [6.07, 6.45) is 11.6. The third-order valence-electron chi connectivity index (χ3n) is 5.94. The van der Waals surface area contributed by atoms with Crippen molar-refractivity contribution in [3.63, 3.8) is 0 Å². The van der Waals surface area contributed by atoms with E-state index < -0.39 is 11.4 Å². The maximum atomic E-state index is 11.8. The molecule has 158 valence electrons. The first-order chi connectivity index (χ1) is 14.1. The summed E-state index contributed by atoms with van der Waals surface area (Å²) < 4.78 is 28.9. The molecule has 4 rings (SSSR count). The Morgan fingerprint density at radius 1 is 1.17 bits per heavy atom. The fourth-order valence-electron chi connectivity index (χ4n) is 4.25. The third kappa shape index (κ3) is 4.86. The first-order valence-corrected chi connectivity index (χ1v) is 10.4. The van der Waals surface area contributed by atoms with Gasteiger partial charge in [0, 0.05) is 25.6 Å². The molecule has 3 heterocycles. The number of ether oxygens (including phenoxy) is 5. The molecule has 0 aromatic carbocycles. The number of rotatable bonds is 5. The summed E-state index contributed by atoms with van der Waals surface area (Å²) in [7, 11) is 1.37. The lowest BCUT2D eigenvalue weighted by Gasteiger charge is -2.44. The largest absolute Gasteiger partial charge is 0.465 e. The second-order valence-electron chi connectivity index (χ2n) is 7.88. The lowest BCUT2D eigenvalue weighted by atomic mass is 9.80. The van der Waals surface area contributed by atoms with E-state index in [1.807, 2.05) is 6.08 Å². The number of esters is 1. The van der Waals surface area contributed by atoms with Crippen LogP contribution in [0, 0.1) is 0 Å². The van der Waals surface area contributed by atoms with Gasteiger partial charge >= 0.3 is 5.97 Å². The highest BCUT2D eigenvalue weighted by Crippen LogP contribution is 2.44. The van der Waals surface area contributed by atoms with Crippen LogP contribution in [0.2, 0.25) is 0 Å². The number of carbonyl (C=O) groups excluding carboxylic acids is 1. The van der Waals surface area contributed by atoms with Crippen molar-refractivity contribution in [1.82, 2.24) is 4.98 Å². The van der Waals surface area contributed by atoms with E-state index in [4.69, 9.17) is 23.7 Å². The van der Waals surface area contributed by atoms with Gasteiger partial charge in [0.1, 0.15) is 0 Å². The molecule has 7 heteroatoms. The van der Waals surface area contributed by atoms with Gasteiger partial charge in [0.2, 0.25) is 0 Å². The summed E-state index contributed by atoms with van der Waals surface area (Å²) in [6, 6.07) is 3.37. The number of aromatic nitrogens is 1. The molecular weight excluding hydrogens is 374 g/mol. The topological polar surface area (TPSA) is 76.1 Å². The molecule has 29 heavy (non-hydrogen) atoms. The number of methoxy groups -OCH3 is 1. The highest BCUT2D eigenvalue weighted by Gasteiger charge is 2.47. The fraction of sp³-hybridized carbons (Fsp3) is 0.636. The highest BCUT2D eigenvalue weighted by molar-refractivity contribution is 5.89. The minimum Gasteiger partial charge on any atom is -0.465 e. The lowest BCUT2D eigenvalue weighted by molar-refractivity contribution is -0.249. The summed E-state index contributed by atoms with van der Waals surface area (Å²) in [5.74, 6) is -0.837. The predicted molar refractivity (Wildman–Crippen MR) is 105 cm³/mol. The van der Waals surface area contributed by atoms with Gasteiger partial charge in [-0.2, -0.15) is 0 Å². The Kier molecular flexibility index (Phi) is 6.29. The van der Waals surface area contributed by atoms with Crippen molar-refractivity contribution in [1.29, 1.82) is 0 Å². The van der Waals surface area contributed by atoms with Gasteiger partial charge in [0.05, 0.1) is 37.2 Å². The van der Waals surface area contributed by atoms with Gasteiger partial charge in [0.25, 0.3) is 0 Å². The van der Waals surface area contributed by atoms with Crippen LogP contribution in [0.25, 0.3) is 6.08 Å². The van der Waals surface area contributed by atoms with E-state index >= 15 is 0 Å². The number of hydrogen-bond donors (Lipinski definition) is 0. The van der Waals surface area contributed by atoms with Crippen LogP contribution >= 0.6 is 0 Å². The Bertz CT molecular complexity index is 727. The molecule has 1 spiro atoms. The molecule has 2 saturated heterocycles. The number of pyridine rings is 1. The summed E-state index contributed by atoms with van der Waals surface area (Å²) in [4.78, 5) is 16.2. The van der Waals surface area contributed by atoms with Gasteiger partial charge in [-0.05, 0) is 50.3 Å². The Balaban J connectivity index is 1.52. The lowest BCUT2D eigenvalue weighted by Crippen LogP contribution is -2.46. The Hall–Kier alpha value is -1.80. The minimum atomic E-state index is -0.467. The van der Waals surface area contributed by atoms with Gasteiger partial charge in [0.15, 0.2) is 12.1 Å². The normalized spacial score (nSPS) is 26.0. The summed E-state index contributed by atoms with van der Waals surface area (Å²) in [5.41, 5.74) is 0.697. The van der Waals surface area contributed by atoms with E-state index in [0.717, 1.165) is 51.6 Å². The molecule has 1 atom stereocenters. The fourth-order valence-corrected chi connectivity index (χ4v) is 4.25. The van der Waals surface area contributed by atoms with Crippen molar-refractivity contribution >= 4 is 12.0 Å². The standard InChI is InChI=1S/C22H29NO6/c1-25-20(24)17-6-12-23-18(16-17)5-7-21(29-19-4-2-3-13-26-19)8-10-22(11-9-21)27-14-15-28-22/h5-7,12,16,19H,2-4,8-11,13-15H2,1H3/b7-5+. The number of hydrogen-bond acceptors (Lipinski definition) is 7. The molecular formula is C22H29NO6. The summed E-state index contributed by atoms with van der Waals surface area (Å²) in [6.45, 7) is 2.04. The van der Waals surface area contributed by atoms with Crippen LogP contribution in [0.3, 0.4) is 0 Å². The van der Waals surface area contributed by atoms with Crippen molar-refractivity contribution < 1.29 is 28.5 Å². The van der Waals surface area contributed by atoms with E-state index in [2.05, 4.69) is 11.1 Å². The van der Waals surface area contributed by atoms with Crippen molar-refractivity contribution in [2.24, 2.45) is 0 Å². The molecule has 3 aliphatic rings. The van der Waals surface area contributed by atoms with Crippen molar-refractivity contribution in [2.45, 2.75) is 62.6 Å². The van der Waals surface area contributed by atoms with Gasteiger partial charge in [-0.15, -0.1) is 0 Å². The zero-order valence-corrected chi connectivity index (χ0v) is 16.9. The van der Waals surface area contributed by atoms with Crippen LogP contribution in [-0.4, -0.2) is 55.6 Å². The average molecular weight is 403 g/mol. The molecule has 0 bridgehead atoms. The monoisotopic (exact) mass is 403 g/mol. The zero-order valence-electron chi connectivity index (χ0n) is 16.9. The van der Waals surface area contributed by atoms with Crippen molar-refractivity contribution in [3.05, 3.63) is 35.7 Å². The molecule has 1 aromatic heterocycles. The van der Waals surface area contributed by atoms with Crippen LogP contribution in [0.4, 0.5) is 0 Å². The summed E-state index contributed by atoms with van der Waals surface area (Å²) >= 11 is 0. The van der Waals surface area contributed by atoms with Crippen LogP contribution in [-0.2, 0) is 23.7 Å². The molecule has 0 amide bonds. The molecule has 0 N–H and O–H groups in total. The van der Waals surface area contributed by atoms with Crippen LogP contribution in [0.5, 0.6) is 0 Å². The quantitative estimate of drug-likeness (QED) is 0.697. The van der Waals surface area contributed by atoms with E-state index in [-0.39, 0.29) is 12.3 Å². The molecule has 2 aliphatic heterocycles. The minimum absolute atomic E-state index is 0.192. The molecule has 1 aromatic rings.